The summed E-state index contributed by atoms with van der Waals surface area (Å²) in [4.78, 5) is 13.8. The van der Waals surface area contributed by atoms with Crippen LogP contribution in [-0.2, 0) is 14.8 Å². The van der Waals surface area contributed by atoms with Gasteiger partial charge in [0, 0.05) is 19.7 Å². The number of sulfonamides is 1. The fourth-order valence-corrected chi connectivity index (χ4v) is 2.83. The Morgan fingerprint density at radius 3 is 2.87 bits per heavy atom. The van der Waals surface area contributed by atoms with Crippen LogP contribution in [-0.4, -0.2) is 51.4 Å². The third-order valence-electron chi connectivity index (χ3n) is 3.25. The van der Waals surface area contributed by atoms with E-state index in [0.717, 1.165) is 12.3 Å². The van der Waals surface area contributed by atoms with Crippen LogP contribution in [0.3, 0.4) is 0 Å². The van der Waals surface area contributed by atoms with E-state index in [4.69, 9.17) is 4.74 Å². The standard InChI is InChI=1S/C14H20FN3O4S/c1-10-9-18(6-3-7-22-10)14(19)16-13-8-11(4-5-12(13)15)17-23(2,20)21/h4-5,8,10,17H,3,6-7,9H2,1-2H3,(H,16,19)/t10-/m0/s1. The van der Waals surface area contributed by atoms with Crippen molar-refractivity contribution in [3.63, 3.8) is 0 Å². The first-order valence-electron chi connectivity index (χ1n) is 7.19. The van der Waals surface area contributed by atoms with Gasteiger partial charge in [-0.05, 0) is 31.5 Å². The van der Waals surface area contributed by atoms with Crippen LogP contribution >= 0.6 is 0 Å². The van der Waals surface area contributed by atoms with Gasteiger partial charge in [-0.3, -0.25) is 4.72 Å². The van der Waals surface area contributed by atoms with Crippen molar-refractivity contribution in [3.05, 3.63) is 24.0 Å². The Hall–Kier alpha value is -1.87. The molecule has 0 aromatic heterocycles. The Balaban J connectivity index is 2.11. The number of nitrogens with zero attached hydrogens (tertiary/aromatic N) is 1. The van der Waals surface area contributed by atoms with Crippen molar-refractivity contribution in [2.75, 3.05) is 36.0 Å². The molecule has 128 valence electrons. The van der Waals surface area contributed by atoms with Gasteiger partial charge in [-0.1, -0.05) is 0 Å². The smallest absolute Gasteiger partial charge is 0.322 e. The SMILES string of the molecule is C[C@H]1CN(C(=O)Nc2cc(NS(C)(=O)=O)ccc2F)CCCO1. The summed E-state index contributed by atoms with van der Waals surface area (Å²) in [5, 5.41) is 2.48. The van der Waals surface area contributed by atoms with E-state index < -0.39 is 21.9 Å². The van der Waals surface area contributed by atoms with Crippen molar-refractivity contribution in [2.24, 2.45) is 0 Å². The first kappa shape index (κ1) is 17.5. The highest BCUT2D eigenvalue weighted by Crippen LogP contribution is 2.21. The number of hydrogen-bond acceptors (Lipinski definition) is 4. The first-order chi connectivity index (χ1) is 10.7. The summed E-state index contributed by atoms with van der Waals surface area (Å²) in [5.74, 6) is -0.642. The molecule has 0 unspecified atom stereocenters. The zero-order valence-corrected chi connectivity index (χ0v) is 13.8. The molecular formula is C14H20FN3O4S. The van der Waals surface area contributed by atoms with Crippen LogP contribution in [0.1, 0.15) is 13.3 Å². The predicted molar refractivity (Wildman–Crippen MR) is 85.5 cm³/mol. The molecule has 1 heterocycles. The Kier molecular flexibility index (Phi) is 5.42. The summed E-state index contributed by atoms with van der Waals surface area (Å²) < 4.78 is 44.0. The monoisotopic (exact) mass is 345 g/mol. The van der Waals surface area contributed by atoms with Crippen LogP contribution in [0.5, 0.6) is 0 Å². The molecule has 0 saturated carbocycles. The molecule has 1 atom stereocenters. The molecule has 2 amide bonds. The highest BCUT2D eigenvalue weighted by atomic mass is 32.2. The van der Waals surface area contributed by atoms with Crippen molar-refractivity contribution in [3.8, 4) is 0 Å². The fraction of sp³-hybridized carbons (Fsp3) is 0.500. The van der Waals surface area contributed by atoms with Crippen LogP contribution in [0, 0.1) is 5.82 Å². The van der Waals surface area contributed by atoms with Crippen LogP contribution < -0.4 is 10.0 Å². The second-order valence-electron chi connectivity index (χ2n) is 5.48. The molecule has 1 aliphatic heterocycles. The molecule has 7 nitrogen and oxygen atoms in total. The maximum Gasteiger partial charge on any atom is 0.322 e. The number of nitrogens with one attached hydrogen (secondary N) is 2. The van der Waals surface area contributed by atoms with Gasteiger partial charge in [0.25, 0.3) is 0 Å². The predicted octanol–water partition coefficient (Wildman–Crippen LogP) is 1.84. The maximum atomic E-state index is 13.9. The third kappa shape index (κ3) is 5.36. The highest BCUT2D eigenvalue weighted by Gasteiger charge is 2.21. The van der Waals surface area contributed by atoms with Gasteiger partial charge in [-0.2, -0.15) is 0 Å². The topological polar surface area (TPSA) is 87.7 Å². The van der Waals surface area contributed by atoms with Gasteiger partial charge >= 0.3 is 6.03 Å². The number of anilines is 2. The fourth-order valence-electron chi connectivity index (χ4n) is 2.27. The minimum Gasteiger partial charge on any atom is -0.377 e. The van der Waals surface area contributed by atoms with E-state index in [1.54, 1.807) is 4.90 Å². The summed E-state index contributed by atoms with van der Waals surface area (Å²) in [7, 11) is -3.48. The van der Waals surface area contributed by atoms with Gasteiger partial charge in [-0.25, -0.2) is 17.6 Å². The average molecular weight is 345 g/mol. The van der Waals surface area contributed by atoms with Crippen LogP contribution in [0.25, 0.3) is 0 Å². The molecule has 23 heavy (non-hydrogen) atoms. The van der Waals surface area contributed by atoms with Crippen molar-refractivity contribution in [1.29, 1.82) is 0 Å². The molecule has 1 saturated heterocycles. The second-order valence-corrected chi connectivity index (χ2v) is 7.23. The molecule has 2 rings (SSSR count). The number of hydrogen-bond donors (Lipinski definition) is 2. The molecule has 0 radical (unpaired) electrons. The van der Waals surface area contributed by atoms with Gasteiger partial charge in [0.2, 0.25) is 10.0 Å². The Bertz CT molecular complexity index is 681. The number of amides is 2. The molecule has 9 heteroatoms. The summed E-state index contributed by atoms with van der Waals surface area (Å²) in [6, 6.07) is 3.18. The lowest BCUT2D eigenvalue weighted by molar-refractivity contribution is 0.0718. The minimum absolute atomic E-state index is 0.0820. The van der Waals surface area contributed by atoms with E-state index in [1.807, 2.05) is 6.92 Å². The summed E-state index contributed by atoms with van der Waals surface area (Å²) in [6.45, 7) is 3.36. The zero-order chi connectivity index (χ0) is 17.0. The van der Waals surface area contributed by atoms with Crippen LogP contribution in [0.2, 0.25) is 0 Å². The van der Waals surface area contributed by atoms with Crippen LogP contribution in [0.4, 0.5) is 20.6 Å². The number of carbonyl (C=O) groups excluding carboxylic acids is 1. The number of rotatable bonds is 3. The molecular weight excluding hydrogens is 325 g/mol. The van der Waals surface area contributed by atoms with Crippen LogP contribution in [0.15, 0.2) is 18.2 Å². The summed E-state index contributed by atoms with van der Waals surface area (Å²) in [5.41, 5.74) is 0.0956. The first-order valence-corrected chi connectivity index (χ1v) is 9.08. The van der Waals surface area contributed by atoms with Gasteiger partial charge < -0.3 is 15.0 Å². The number of ether oxygens (including phenoxy) is 1. The van der Waals surface area contributed by atoms with E-state index in [1.165, 1.54) is 12.1 Å². The van der Waals surface area contributed by atoms with E-state index in [2.05, 4.69) is 10.0 Å². The molecule has 1 aliphatic rings. The average Bonchev–Trinajstić information content (AvgIpc) is 2.65. The van der Waals surface area contributed by atoms with E-state index in [-0.39, 0.29) is 17.5 Å². The van der Waals surface area contributed by atoms with Gasteiger partial charge in [0.05, 0.1) is 23.7 Å². The zero-order valence-electron chi connectivity index (χ0n) is 13.0. The lowest BCUT2D eigenvalue weighted by Crippen LogP contribution is -2.39. The van der Waals surface area contributed by atoms with Gasteiger partial charge in [0.15, 0.2) is 0 Å². The molecule has 0 aliphatic carbocycles. The normalized spacial score (nSPS) is 19.1. The molecule has 1 fully saturated rings. The summed E-state index contributed by atoms with van der Waals surface area (Å²) in [6.07, 6.45) is 1.61. The largest absolute Gasteiger partial charge is 0.377 e. The Morgan fingerprint density at radius 2 is 2.17 bits per heavy atom. The van der Waals surface area contributed by atoms with Crippen molar-refractivity contribution >= 4 is 27.4 Å². The van der Waals surface area contributed by atoms with Crippen molar-refractivity contribution in [1.82, 2.24) is 4.90 Å². The molecule has 1 aromatic rings. The number of carbonyl (C=O) groups is 1. The Morgan fingerprint density at radius 1 is 1.43 bits per heavy atom. The lowest BCUT2D eigenvalue weighted by atomic mass is 10.2. The number of halogens is 1. The van der Waals surface area contributed by atoms with Gasteiger partial charge in [0.1, 0.15) is 5.82 Å². The summed E-state index contributed by atoms with van der Waals surface area (Å²) >= 11 is 0. The molecule has 2 N–H and O–H groups in total. The second kappa shape index (κ2) is 7.14. The highest BCUT2D eigenvalue weighted by molar-refractivity contribution is 7.92. The van der Waals surface area contributed by atoms with E-state index >= 15 is 0 Å². The minimum atomic E-state index is -3.48. The van der Waals surface area contributed by atoms with E-state index in [0.29, 0.717) is 26.1 Å². The molecule has 0 bridgehead atoms. The number of urea groups is 1. The molecule has 0 spiro atoms. The van der Waals surface area contributed by atoms with Gasteiger partial charge in [-0.15, -0.1) is 0 Å². The maximum absolute atomic E-state index is 13.9. The van der Waals surface area contributed by atoms with Crippen molar-refractivity contribution in [2.45, 2.75) is 19.4 Å². The Labute approximate surface area is 134 Å². The number of benzene rings is 1. The van der Waals surface area contributed by atoms with Crippen molar-refractivity contribution < 1.29 is 22.3 Å². The lowest BCUT2D eigenvalue weighted by Gasteiger charge is -2.22. The molecule has 1 aromatic carbocycles. The third-order valence-corrected chi connectivity index (χ3v) is 3.86. The quantitative estimate of drug-likeness (QED) is 0.875. The van der Waals surface area contributed by atoms with E-state index in [9.17, 15) is 17.6 Å².